The number of ether oxygens (including phenoxy) is 1. The van der Waals surface area contributed by atoms with Gasteiger partial charge in [0, 0.05) is 13.0 Å². The third kappa shape index (κ3) is 4.21. The van der Waals surface area contributed by atoms with Crippen LogP contribution in [0.2, 0.25) is 0 Å². The Kier molecular flexibility index (Phi) is 5.20. The van der Waals surface area contributed by atoms with Crippen molar-refractivity contribution >= 4 is 23.5 Å². The fraction of sp³-hybridized carbons (Fsp3) is 0.438. The summed E-state index contributed by atoms with van der Waals surface area (Å²) in [6.45, 7) is 3.69. The summed E-state index contributed by atoms with van der Waals surface area (Å²) in [4.78, 5) is 36.1. The molecule has 23 heavy (non-hydrogen) atoms. The highest BCUT2D eigenvalue weighted by atomic mass is 16.5. The first-order valence-electron chi connectivity index (χ1n) is 7.45. The first kappa shape index (κ1) is 16.8. The maximum Gasteiger partial charge on any atom is 0.303 e. The number of carbonyl (C=O) groups is 3. The molecule has 0 radical (unpaired) electrons. The third-order valence-corrected chi connectivity index (χ3v) is 3.51. The van der Waals surface area contributed by atoms with Crippen molar-refractivity contribution in [3.63, 3.8) is 0 Å². The summed E-state index contributed by atoms with van der Waals surface area (Å²) in [5.74, 6) is -0.934. The van der Waals surface area contributed by atoms with E-state index in [1.54, 1.807) is 19.1 Å². The number of carbonyl (C=O) groups excluding carboxylic acids is 2. The lowest BCUT2D eigenvalue weighted by atomic mass is 10.1. The third-order valence-electron chi connectivity index (χ3n) is 3.51. The van der Waals surface area contributed by atoms with E-state index in [4.69, 9.17) is 9.84 Å². The molecule has 2 N–H and O–H groups in total. The number of nitrogens with one attached hydrogen (secondary N) is 1. The molecule has 1 atom stereocenters. The summed E-state index contributed by atoms with van der Waals surface area (Å²) in [5, 5.41) is 11.2. The van der Waals surface area contributed by atoms with E-state index in [9.17, 15) is 14.4 Å². The van der Waals surface area contributed by atoms with E-state index < -0.39 is 12.1 Å². The predicted octanol–water partition coefficient (Wildman–Crippen LogP) is 1.09. The van der Waals surface area contributed by atoms with Gasteiger partial charge in [0.05, 0.1) is 5.69 Å². The summed E-state index contributed by atoms with van der Waals surface area (Å²) in [6.07, 6.45) is -0.301. The van der Waals surface area contributed by atoms with Gasteiger partial charge in [0.1, 0.15) is 12.3 Å². The van der Waals surface area contributed by atoms with E-state index in [0.29, 0.717) is 17.9 Å². The monoisotopic (exact) mass is 320 g/mol. The van der Waals surface area contributed by atoms with E-state index in [0.717, 1.165) is 5.56 Å². The van der Waals surface area contributed by atoms with Crippen molar-refractivity contribution in [3.8, 4) is 5.75 Å². The molecule has 2 amide bonds. The number of hydrogen-bond donors (Lipinski definition) is 2. The summed E-state index contributed by atoms with van der Waals surface area (Å²) in [7, 11) is 0. The van der Waals surface area contributed by atoms with Crippen LogP contribution < -0.4 is 15.0 Å². The van der Waals surface area contributed by atoms with Gasteiger partial charge in [-0.1, -0.05) is 6.07 Å². The molecule has 0 saturated heterocycles. The van der Waals surface area contributed by atoms with Crippen LogP contribution in [0, 0.1) is 6.92 Å². The average Bonchev–Trinajstić information content (AvgIpc) is 2.49. The van der Waals surface area contributed by atoms with Crippen molar-refractivity contribution in [1.29, 1.82) is 0 Å². The van der Waals surface area contributed by atoms with Crippen molar-refractivity contribution < 1.29 is 24.2 Å². The number of nitrogens with zero attached hydrogens (tertiary/aromatic N) is 1. The lowest BCUT2D eigenvalue weighted by molar-refractivity contribution is -0.137. The highest BCUT2D eigenvalue weighted by Gasteiger charge is 2.32. The number of amides is 2. The SMILES string of the molecule is Cc1ccc2c(c1)N(CC(=O)NCCCC(=O)O)C(=O)C(C)O2. The second-order valence-electron chi connectivity index (χ2n) is 5.50. The fourth-order valence-corrected chi connectivity index (χ4v) is 2.35. The highest BCUT2D eigenvalue weighted by molar-refractivity contribution is 6.03. The number of rotatable bonds is 6. The Morgan fingerprint density at radius 1 is 1.39 bits per heavy atom. The molecule has 0 saturated carbocycles. The Labute approximate surface area is 134 Å². The summed E-state index contributed by atoms with van der Waals surface area (Å²) >= 11 is 0. The van der Waals surface area contributed by atoms with Crippen LogP contribution in [0.25, 0.3) is 0 Å². The summed E-state index contributed by atoms with van der Waals surface area (Å²) in [6, 6.07) is 5.47. The van der Waals surface area contributed by atoms with Gasteiger partial charge in [-0.25, -0.2) is 0 Å². The van der Waals surface area contributed by atoms with Gasteiger partial charge in [0.15, 0.2) is 6.10 Å². The number of carboxylic acids is 1. The van der Waals surface area contributed by atoms with Crippen LogP contribution in [0.5, 0.6) is 5.75 Å². The first-order chi connectivity index (χ1) is 10.9. The molecule has 1 aromatic rings. The molecule has 0 bridgehead atoms. The van der Waals surface area contributed by atoms with E-state index in [-0.39, 0.29) is 31.3 Å². The van der Waals surface area contributed by atoms with Gasteiger partial charge >= 0.3 is 5.97 Å². The van der Waals surface area contributed by atoms with E-state index in [1.807, 2.05) is 13.0 Å². The van der Waals surface area contributed by atoms with Gasteiger partial charge in [-0.2, -0.15) is 0 Å². The van der Waals surface area contributed by atoms with Gasteiger partial charge < -0.3 is 15.2 Å². The molecular formula is C16H20N2O5. The van der Waals surface area contributed by atoms with Crippen molar-refractivity contribution in [2.45, 2.75) is 32.8 Å². The van der Waals surface area contributed by atoms with Crippen molar-refractivity contribution in [1.82, 2.24) is 5.32 Å². The normalized spacial score (nSPS) is 16.5. The lowest BCUT2D eigenvalue weighted by Gasteiger charge is -2.32. The molecule has 0 aliphatic carbocycles. The van der Waals surface area contributed by atoms with Crippen LogP contribution >= 0.6 is 0 Å². The Bertz CT molecular complexity index is 629. The van der Waals surface area contributed by atoms with Crippen molar-refractivity contribution in [3.05, 3.63) is 23.8 Å². The molecule has 1 aromatic carbocycles. The van der Waals surface area contributed by atoms with Crippen LogP contribution in [0.3, 0.4) is 0 Å². The van der Waals surface area contributed by atoms with Crippen LogP contribution in [0.15, 0.2) is 18.2 Å². The average molecular weight is 320 g/mol. The molecule has 1 aliphatic rings. The molecule has 2 rings (SSSR count). The fourth-order valence-electron chi connectivity index (χ4n) is 2.35. The summed E-state index contributed by atoms with van der Waals surface area (Å²) < 4.78 is 5.55. The van der Waals surface area contributed by atoms with Crippen LogP contribution in [0.1, 0.15) is 25.3 Å². The Hall–Kier alpha value is -2.57. The Morgan fingerprint density at radius 2 is 2.13 bits per heavy atom. The van der Waals surface area contributed by atoms with E-state index >= 15 is 0 Å². The number of benzene rings is 1. The second-order valence-corrected chi connectivity index (χ2v) is 5.50. The molecular weight excluding hydrogens is 300 g/mol. The molecule has 1 heterocycles. The largest absolute Gasteiger partial charge is 0.481 e. The number of aliphatic carboxylic acids is 1. The zero-order valence-electron chi connectivity index (χ0n) is 13.2. The Morgan fingerprint density at radius 3 is 2.83 bits per heavy atom. The molecule has 1 unspecified atom stereocenters. The summed E-state index contributed by atoms with van der Waals surface area (Å²) in [5.41, 5.74) is 1.54. The van der Waals surface area contributed by atoms with Gasteiger partial charge in [-0.15, -0.1) is 0 Å². The predicted molar refractivity (Wildman–Crippen MR) is 83.5 cm³/mol. The number of fused-ring (bicyclic) bond motifs is 1. The Balaban J connectivity index is 2.03. The minimum Gasteiger partial charge on any atom is -0.481 e. The first-order valence-corrected chi connectivity index (χ1v) is 7.45. The smallest absolute Gasteiger partial charge is 0.303 e. The number of aryl methyl sites for hydroxylation is 1. The zero-order chi connectivity index (χ0) is 17.0. The topological polar surface area (TPSA) is 95.9 Å². The molecule has 7 heteroatoms. The molecule has 124 valence electrons. The molecule has 0 aromatic heterocycles. The quantitative estimate of drug-likeness (QED) is 0.765. The minimum absolute atomic E-state index is 0.00414. The van der Waals surface area contributed by atoms with Crippen LogP contribution in [0.4, 0.5) is 5.69 Å². The molecule has 7 nitrogen and oxygen atoms in total. The standard InChI is InChI=1S/C16H20N2O5/c1-10-5-6-13-12(8-10)18(16(22)11(2)23-13)9-14(19)17-7-3-4-15(20)21/h5-6,8,11H,3-4,7,9H2,1-2H3,(H,17,19)(H,20,21). The van der Waals surface area contributed by atoms with Crippen molar-refractivity contribution in [2.75, 3.05) is 18.0 Å². The minimum atomic E-state index is -0.902. The van der Waals surface area contributed by atoms with E-state index in [1.165, 1.54) is 4.90 Å². The van der Waals surface area contributed by atoms with Gasteiger partial charge in [0.25, 0.3) is 5.91 Å². The molecule has 0 spiro atoms. The van der Waals surface area contributed by atoms with Crippen LogP contribution in [-0.2, 0) is 14.4 Å². The maximum absolute atomic E-state index is 12.3. The second kappa shape index (κ2) is 7.13. The van der Waals surface area contributed by atoms with Gasteiger partial charge in [0.2, 0.25) is 5.91 Å². The molecule has 1 aliphatic heterocycles. The zero-order valence-corrected chi connectivity index (χ0v) is 13.2. The number of carboxylic acid groups (broad SMARTS) is 1. The van der Waals surface area contributed by atoms with E-state index in [2.05, 4.69) is 5.32 Å². The lowest BCUT2D eigenvalue weighted by Crippen LogP contribution is -2.48. The maximum atomic E-state index is 12.3. The molecule has 0 fully saturated rings. The van der Waals surface area contributed by atoms with Crippen molar-refractivity contribution in [2.24, 2.45) is 0 Å². The van der Waals surface area contributed by atoms with Crippen LogP contribution in [-0.4, -0.2) is 42.1 Å². The highest BCUT2D eigenvalue weighted by Crippen LogP contribution is 2.34. The van der Waals surface area contributed by atoms with Gasteiger partial charge in [-0.05, 0) is 38.0 Å². The number of hydrogen-bond acceptors (Lipinski definition) is 4. The number of anilines is 1. The van der Waals surface area contributed by atoms with Gasteiger partial charge in [-0.3, -0.25) is 19.3 Å².